The van der Waals surface area contributed by atoms with Crippen LogP contribution in [0.3, 0.4) is 0 Å². The predicted octanol–water partition coefficient (Wildman–Crippen LogP) is 0.973. The maximum absolute atomic E-state index is 11.7. The zero-order chi connectivity index (χ0) is 9.19. The average molecular weight is 184 g/mol. The van der Waals surface area contributed by atoms with Crippen LogP contribution in [0.25, 0.3) is 0 Å². The lowest BCUT2D eigenvalue weighted by atomic mass is 10.4. The van der Waals surface area contributed by atoms with Crippen LogP contribution in [-0.2, 0) is 9.47 Å². The van der Waals surface area contributed by atoms with Crippen molar-refractivity contribution in [1.29, 1.82) is 0 Å². The van der Waals surface area contributed by atoms with E-state index in [0.717, 1.165) is 0 Å². The van der Waals surface area contributed by atoms with Gasteiger partial charge in [0.15, 0.2) is 0 Å². The van der Waals surface area contributed by atoms with E-state index in [1.165, 1.54) is 18.5 Å². The molecule has 1 aliphatic heterocycles. The van der Waals surface area contributed by atoms with E-state index in [4.69, 9.17) is 4.74 Å². The molecule has 0 spiro atoms. The van der Waals surface area contributed by atoms with E-state index in [1.807, 2.05) is 0 Å². The lowest BCUT2D eigenvalue weighted by Gasteiger charge is -2.31. The minimum atomic E-state index is -4.60. The van der Waals surface area contributed by atoms with E-state index in [-0.39, 0.29) is 6.61 Å². The van der Waals surface area contributed by atoms with Gasteiger partial charge in [-0.25, -0.2) is 0 Å². The van der Waals surface area contributed by atoms with Crippen molar-refractivity contribution in [3.05, 3.63) is 6.54 Å². The topological polar surface area (TPSA) is 21.7 Å². The zero-order valence-electron chi connectivity index (χ0n) is 6.47. The number of ether oxygens (including phenoxy) is 2. The molecule has 12 heavy (non-hydrogen) atoms. The molecule has 1 aliphatic rings. The van der Waals surface area contributed by atoms with Crippen molar-refractivity contribution in [1.82, 2.24) is 4.90 Å². The fourth-order valence-corrected chi connectivity index (χ4v) is 0.846. The summed E-state index contributed by atoms with van der Waals surface area (Å²) in [4.78, 5) is 1.34. The summed E-state index contributed by atoms with van der Waals surface area (Å²) in [5.74, 6) is 0. The van der Waals surface area contributed by atoms with E-state index in [0.29, 0.717) is 6.61 Å². The lowest BCUT2D eigenvalue weighted by molar-refractivity contribution is -0.365. The molecule has 1 rings (SSSR count). The Morgan fingerprint density at radius 3 is 2.75 bits per heavy atom. The Morgan fingerprint density at radius 2 is 2.25 bits per heavy atom. The lowest BCUT2D eigenvalue weighted by Crippen LogP contribution is -2.44. The number of nitrogens with zero attached hydrogens (tertiary/aromatic N) is 1. The number of halogens is 3. The van der Waals surface area contributed by atoms with E-state index >= 15 is 0 Å². The second-order valence-electron chi connectivity index (χ2n) is 2.40. The summed E-state index contributed by atoms with van der Waals surface area (Å²) < 4.78 is 43.6. The van der Waals surface area contributed by atoms with Crippen molar-refractivity contribution in [3.8, 4) is 0 Å². The zero-order valence-corrected chi connectivity index (χ0v) is 6.47. The molecular formula is C6H9F3NO2. The molecule has 0 aromatic carbocycles. The molecule has 0 aromatic rings. The van der Waals surface area contributed by atoms with Crippen molar-refractivity contribution in [2.75, 3.05) is 20.3 Å². The first-order chi connectivity index (χ1) is 5.49. The van der Waals surface area contributed by atoms with Crippen LogP contribution < -0.4 is 0 Å². The summed E-state index contributed by atoms with van der Waals surface area (Å²) >= 11 is 0. The Balaban J connectivity index is 2.39. The van der Waals surface area contributed by atoms with Crippen LogP contribution in [0.1, 0.15) is 0 Å². The molecule has 1 atom stereocenters. The molecule has 71 valence electrons. The molecule has 0 N–H and O–H groups in total. The van der Waals surface area contributed by atoms with Crippen LogP contribution in [0.5, 0.6) is 0 Å². The molecule has 0 aromatic heterocycles. The summed E-state index contributed by atoms with van der Waals surface area (Å²) in [6, 6.07) is 0. The summed E-state index contributed by atoms with van der Waals surface area (Å²) in [5.41, 5.74) is 0. The van der Waals surface area contributed by atoms with E-state index in [2.05, 4.69) is 4.74 Å². The molecule has 1 saturated heterocycles. The standard InChI is InChI=1S/C6H9F3NO2/c1-10-2-3-11-4-5(10)12-6(7,8)9/h2,5H,3-4H2,1H3. The first-order valence-corrected chi connectivity index (χ1v) is 3.36. The van der Waals surface area contributed by atoms with Crippen molar-refractivity contribution < 1.29 is 22.6 Å². The first kappa shape index (κ1) is 9.76. The number of hydrogen-bond acceptors (Lipinski definition) is 3. The Labute approximate surface area is 68.0 Å². The highest BCUT2D eigenvalue weighted by atomic mass is 19.4. The van der Waals surface area contributed by atoms with Crippen LogP contribution in [0, 0.1) is 6.54 Å². The SMILES string of the molecule is CN1[CH]COCC1OC(F)(F)F. The Kier molecular flexibility index (Phi) is 2.92. The van der Waals surface area contributed by atoms with Crippen LogP contribution in [0.4, 0.5) is 13.2 Å². The van der Waals surface area contributed by atoms with E-state index in [9.17, 15) is 13.2 Å². The molecule has 0 aliphatic carbocycles. The summed E-state index contributed by atoms with van der Waals surface area (Å²) in [6.45, 7) is 1.76. The highest BCUT2D eigenvalue weighted by Gasteiger charge is 2.36. The normalized spacial score (nSPS) is 27.5. The van der Waals surface area contributed by atoms with E-state index in [1.54, 1.807) is 0 Å². The molecule has 0 amide bonds. The number of rotatable bonds is 1. The van der Waals surface area contributed by atoms with Gasteiger partial charge in [-0.05, 0) is 7.05 Å². The minimum Gasteiger partial charge on any atom is -0.376 e. The fourth-order valence-electron chi connectivity index (χ4n) is 0.846. The third-order valence-electron chi connectivity index (χ3n) is 1.46. The van der Waals surface area contributed by atoms with Crippen molar-refractivity contribution in [3.63, 3.8) is 0 Å². The average Bonchev–Trinajstić information content (AvgIpc) is 1.91. The predicted molar refractivity (Wildman–Crippen MR) is 33.8 cm³/mol. The Bertz CT molecular complexity index is 150. The number of morpholine rings is 1. The van der Waals surface area contributed by atoms with Gasteiger partial charge in [0.2, 0.25) is 0 Å². The van der Waals surface area contributed by atoms with Crippen LogP contribution in [0.2, 0.25) is 0 Å². The Morgan fingerprint density at radius 1 is 1.58 bits per heavy atom. The Hall–Kier alpha value is -0.330. The first-order valence-electron chi connectivity index (χ1n) is 3.36. The summed E-state index contributed by atoms with van der Waals surface area (Å²) in [7, 11) is 1.51. The van der Waals surface area contributed by atoms with Gasteiger partial charge in [0.25, 0.3) is 0 Å². The maximum Gasteiger partial charge on any atom is 0.524 e. The maximum atomic E-state index is 11.7. The van der Waals surface area contributed by atoms with Gasteiger partial charge in [0.1, 0.15) is 6.23 Å². The second kappa shape index (κ2) is 3.59. The van der Waals surface area contributed by atoms with Crippen molar-refractivity contribution >= 4 is 0 Å². The fraction of sp³-hybridized carbons (Fsp3) is 0.833. The minimum absolute atomic E-state index is 0.0630. The third kappa shape index (κ3) is 2.96. The smallest absolute Gasteiger partial charge is 0.376 e. The highest BCUT2D eigenvalue weighted by molar-refractivity contribution is 4.73. The van der Waals surface area contributed by atoms with E-state index < -0.39 is 12.6 Å². The van der Waals surface area contributed by atoms with Gasteiger partial charge in [-0.1, -0.05) is 0 Å². The van der Waals surface area contributed by atoms with Crippen LogP contribution in [0.15, 0.2) is 0 Å². The number of hydrogen-bond donors (Lipinski definition) is 0. The molecule has 0 saturated carbocycles. The largest absolute Gasteiger partial charge is 0.524 e. The monoisotopic (exact) mass is 184 g/mol. The molecule has 1 radical (unpaired) electrons. The van der Waals surface area contributed by atoms with Crippen molar-refractivity contribution in [2.24, 2.45) is 0 Å². The number of likely N-dealkylation sites (N-methyl/N-ethyl adjacent to an activating group) is 1. The molecule has 1 unspecified atom stereocenters. The second-order valence-corrected chi connectivity index (χ2v) is 2.40. The van der Waals surface area contributed by atoms with Gasteiger partial charge in [-0.3, -0.25) is 9.64 Å². The quantitative estimate of drug-likeness (QED) is 0.606. The van der Waals surface area contributed by atoms with Crippen molar-refractivity contribution in [2.45, 2.75) is 12.6 Å². The molecule has 6 heteroatoms. The summed E-state index contributed by atoms with van der Waals surface area (Å²) in [5, 5.41) is 0. The highest BCUT2D eigenvalue weighted by Crippen LogP contribution is 2.21. The van der Waals surface area contributed by atoms with Gasteiger partial charge >= 0.3 is 6.36 Å². The third-order valence-corrected chi connectivity index (χ3v) is 1.46. The van der Waals surface area contributed by atoms with Crippen LogP contribution >= 0.6 is 0 Å². The van der Waals surface area contributed by atoms with Gasteiger partial charge in [-0.2, -0.15) is 0 Å². The summed E-state index contributed by atoms with van der Waals surface area (Å²) in [6.07, 6.45) is -5.66. The van der Waals surface area contributed by atoms with Gasteiger partial charge in [0, 0.05) is 0 Å². The molecule has 1 fully saturated rings. The molecule has 1 heterocycles. The van der Waals surface area contributed by atoms with Crippen LogP contribution in [-0.4, -0.2) is 37.8 Å². The number of alkyl halides is 3. The van der Waals surface area contributed by atoms with Gasteiger partial charge in [-0.15, -0.1) is 13.2 Å². The molecular weight excluding hydrogens is 175 g/mol. The van der Waals surface area contributed by atoms with Gasteiger partial charge in [0.05, 0.1) is 19.8 Å². The van der Waals surface area contributed by atoms with Gasteiger partial charge < -0.3 is 4.74 Å². The molecule has 3 nitrogen and oxygen atoms in total. The molecule has 0 bridgehead atoms.